The van der Waals surface area contributed by atoms with Gasteiger partial charge in [0, 0.05) is 36.8 Å². The van der Waals surface area contributed by atoms with E-state index in [1.807, 2.05) is 25.1 Å². The molecule has 0 unspecified atom stereocenters. The smallest absolute Gasteiger partial charge is 0.225 e. The van der Waals surface area contributed by atoms with Gasteiger partial charge in [0.1, 0.15) is 5.82 Å². The van der Waals surface area contributed by atoms with Gasteiger partial charge in [0.25, 0.3) is 0 Å². The molecule has 4 rings (SSSR count). The van der Waals surface area contributed by atoms with Gasteiger partial charge < -0.3 is 9.88 Å². The van der Waals surface area contributed by atoms with Gasteiger partial charge in [-0.3, -0.25) is 4.79 Å². The Morgan fingerprint density at radius 1 is 1.13 bits per heavy atom. The number of hydrogen-bond donors (Lipinski definition) is 1. The predicted molar refractivity (Wildman–Crippen MR) is 117 cm³/mol. The molecule has 0 atom stereocenters. The molecule has 6 nitrogen and oxygen atoms in total. The summed E-state index contributed by atoms with van der Waals surface area (Å²) in [7, 11) is -3.49. The summed E-state index contributed by atoms with van der Waals surface area (Å²) in [6, 6.07) is 14.2. The van der Waals surface area contributed by atoms with Gasteiger partial charge in [-0.25, -0.2) is 13.4 Å². The Labute approximate surface area is 176 Å². The van der Waals surface area contributed by atoms with E-state index in [4.69, 9.17) is 4.98 Å². The van der Waals surface area contributed by atoms with E-state index in [2.05, 4.69) is 16.1 Å². The first-order chi connectivity index (χ1) is 14.4. The van der Waals surface area contributed by atoms with E-state index in [0.717, 1.165) is 42.0 Å². The van der Waals surface area contributed by atoms with Crippen LogP contribution in [0.4, 0.5) is 5.69 Å². The van der Waals surface area contributed by atoms with Crippen molar-refractivity contribution < 1.29 is 13.2 Å². The summed E-state index contributed by atoms with van der Waals surface area (Å²) in [5, 5.41) is 2.81. The lowest BCUT2D eigenvalue weighted by molar-refractivity contribution is -0.115. The highest BCUT2D eigenvalue weighted by Gasteiger charge is 2.17. The molecule has 0 saturated carbocycles. The van der Waals surface area contributed by atoms with Gasteiger partial charge in [-0.1, -0.05) is 29.8 Å². The molecule has 0 saturated heterocycles. The highest BCUT2D eigenvalue weighted by atomic mass is 32.2. The first-order valence-electron chi connectivity index (χ1n) is 10.2. The van der Waals surface area contributed by atoms with Crippen LogP contribution in [0.3, 0.4) is 0 Å². The van der Waals surface area contributed by atoms with Crippen molar-refractivity contribution in [2.75, 3.05) is 11.1 Å². The molecule has 156 valence electrons. The third kappa shape index (κ3) is 4.62. The van der Waals surface area contributed by atoms with E-state index < -0.39 is 9.84 Å². The van der Waals surface area contributed by atoms with Gasteiger partial charge in [-0.2, -0.15) is 0 Å². The number of nitrogens with zero attached hydrogens (tertiary/aromatic N) is 2. The Morgan fingerprint density at radius 2 is 1.93 bits per heavy atom. The molecule has 1 amide bonds. The molecule has 2 aromatic carbocycles. The third-order valence-corrected chi connectivity index (χ3v) is 7.06. The SMILES string of the molecule is Cc1ccc(S(=O)(=O)CCC(=O)Nc2cccc(-c3cn4c(n3)CCCC4)c2)cc1. The Balaban J connectivity index is 1.41. The van der Waals surface area contributed by atoms with Crippen molar-refractivity contribution in [3.05, 3.63) is 66.1 Å². The minimum Gasteiger partial charge on any atom is -0.334 e. The van der Waals surface area contributed by atoms with E-state index >= 15 is 0 Å². The van der Waals surface area contributed by atoms with E-state index in [1.54, 1.807) is 30.3 Å². The number of carbonyl (C=O) groups is 1. The number of sulfone groups is 1. The predicted octanol–water partition coefficient (Wildman–Crippen LogP) is 4.00. The number of nitrogens with one attached hydrogen (secondary N) is 1. The van der Waals surface area contributed by atoms with Crippen LogP contribution in [0.25, 0.3) is 11.3 Å². The second-order valence-corrected chi connectivity index (χ2v) is 9.81. The largest absolute Gasteiger partial charge is 0.334 e. The summed E-state index contributed by atoms with van der Waals surface area (Å²) in [4.78, 5) is 17.3. The zero-order chi connectivity index (χ0) is 21.1. The fourth-order valence-corrected chi connectivity index (χ4v) is 4.86. The molecular weight excluding hydrogens is 398 g/mol. The van der Waals surface area contributed by atoms with Gasteiger partial charge >= 0.3 is 0 Å². The minimum atomic E-state index is -3.49. The maximum absolute atomic E-state index is 12.4. The number of carbonyl (C=O) groups excluding carboxylic acids is 1. The highest BCUT2D eigenvalue weighted by Crippen LogP contribution is 2.25. The van der Waals surface area contributed by atoms with Crippen LogP contribution in [0.5, 0.6) is 0 Å². The van der Waals surface area contributed by atoms with Crippen LogP contribution in [0, 0.1) is 6.92 Å². The van der Waals surface area contributed by atoms with Crippen LogP contribution < -0.4 is 5.32 Å². The molecule has 30 heavy (non-hydrogen) atoms. The quantitative estimate of drug-likeness (QED) is 0.650. The number of imidazole rings is 1. The fraction of sp³-hybridized carbons (Fsp3) is 0.304. The van der Waals surface area contributed by atoms with Crippen molar-refractivity contribution in [2.24, 2.45) is 0 Å². The van der Waals surface area contributed by atoms with Crippen LogP contribution in [-0.4, -0.2) is 29.6 Å². The van der Waals surface area contributed by atoms with Gasteiger partial charge in [0.15, 0.2) is 9.84 Å². The monoisotopic (exact) mass is 423 g/mol. The maximum Gasteiger partial charge on any atom is 0.225 e. The topological polar surface area (TPSA) is 81.1 Å². The number of aryl methyl sites for hydroxylation is 3. The second-order valence-electron chi connectivity index (χ2n) is 7.70. The molecule has 1 aromatic heterocycles. The first kappa shape index (κ1) is 20.3. The number of fused-ring (bicyclic) bond motifs is 1. The third-order valence-electron chi connectivity index (χ3n) is 5.33. The Morgan fingerprint density at radius 3 is 2.70 bits per heavy atom. The van der Waals surface area contributed by atoms with Crippen molar-refractivity contribution in [1.82, 2.24) is 9.55 Å². The average molecular weight is 424 g/mol. The molecule has 3 aromatic rings. The van der Waals surface area contributed by atoms with Crippen molar-refractivity contribution in [3.8, 4) is 11.3 Å². The lowest BCUT2D eigenvalue weighted by Crippen LogP contribution is -2.17. The summed E-state index contributed by atoms with van der Waals surface area (Å²) in [5.74, 6) is 0.550. The molecule has 1 N–H and O–H groups in total. The molecule has 2 heterocycles. The van der Waals surface area contributed by atoms with Crippen molar-refractivity contribution in [2.45, 2.75) is 44.0 Å². The maximum atomic E-state index is 12.4. The molecule has 0 bridgehead atoms. The molecular formula is C23H25N3O3S. The van der Waals surface area contributed by atoms with E-state index in [1.165, 1.54) is 6.42 Å². The summed E-state index contributed by atoms with van der Waals surface area (Å²) in [6.07, 6.45) is 5.29. The summed E-state index contributed by atoms with van der Waals surface area (Å²) in [5.41, 5.74) is 3.45. The van der Waals surface area contributed by atoms with Gasteiger partial charge in [-0.15, -0.1) is 0 Å². The molecule has 1 aliphatic heterocycles. The van der Waals surface area contributed by atoms with Crippen LogP contribution in [0.15, 0.2) is 59.6 Å². The van der Waals surface area contributed by atoms with Gasteiger partial charge in [0.05, 0.1) is 16.3 Å². The lowest BCUT2D eigenvalue weighted by atomic mass is 10.1. The number of hydrogen-bond acceptors (Lipinski definition) is 4. The molecule has 1 aliphatic rings. The van der Waals surface area contributed by atoms with Crippen LogP contribution in [-0.2, 0) is 27.6 Å². The lowest BCUT2D eigenvalue weighted by Gasteiger charge is -2.11. The van der Waals surface area contributed by atoms with Crippen molar-refractivity contribution in [3.63, 3.8) is 0 Å². The normalized spacial score (nSPS) is 13.6. The van der Waals surface area contributed by atoms with Crippen molar-refractivity contribution >= 4 is 21.4 Å². The van der Waals surface area contributed by atoms with Gasteiger partial charge in [-0.05, 0) is 44.0 Å². The minimum absolute atomic E-state index is 0.0980. The molecule has 0 aliphatic carbocycles. The Hall–Kier alpha value is -2.93. The molecule has 0 radical (unpaired) electrons. The number of aromatic nitrogens is 2. The Bertz CT molecular complexity index is 1140. The van der Waals surface area contributed by atoms with Crippen LogP contribution >= 0.6 is 0 Å². The van der Waals surface area contributed by atoms with Crippen LogP contribution in [0.1, 0.15) is 30.7 Å². The van der Waals surface area contributed by atoms with Crippen LogP contribution in [0.2, 0.25) is 0 Å². The number of benzene rings is 2. The summed E-state index contributed by atoms with van der Waals surface area (Å²) in [6.45, 7) is 2.89. The van der Waals surface area contributed by atoms with E-state index in [9.17, 15) is 13.2 Å². The average Bonchev–Trinajstić information content (AvgIpc) is 3.17. The second kappa shape index (κ2) is 8.44. The van der Waals surface area contributed by atoms with E-state index in [0.29, 0.717) is 5.69 Å². The standard InChI is InChI=1S/C23H25N3O3S/c1-17-8-10-20(11-9-17)30(28,29)14-12-23(27)24-19-6-4-5-18(15-19)21-16-26-13-3-2-7-22(26)25-21/h4-6,8-11,15-16H,2-3,7,12-14H2,1H3,(H,24,27). The Kier molecular flexibility index (Phi) is 5.72. The zero-order valence-corrected chi connectivity index (χ0v) is 17.8. The number of anilines is 1. The number of amides is 1. The van der Waals surface area contributed by atoms with Gasteiger partial charge in [0.2, 0.25) is 5.91 Å². The first-order valence-corrected chi connectivity index (χ1v) is 11.8. The molecule has 0 spiro atoms. The summed E-state index contributed by atoms with van der Waals surface area (Å²) >= 11 is 0. The summed E-state index contributed by atoms with van der Waals surface area (Å²) < 4.78 is 27.1. The molecule has 7 heteroatoms. The fourth-order valence-electron chi connectivity index (χ4n) is 3.62. The van der Waals surface area contributed by atoms with Crippen molar-refractivity contribution in [1.29, 1.82) is 0 Å². The molecule has 0 fully saturated rings. The zero-order valence-electron chi connectivity index (χ0n) is 17.0. The highest BCUT2D eigenvalue weighted by molar-refractivity contribution is 7.91. The number of rotatable bonds is 6. The van der Waals surface area contributed by atoms with E-state index in [-0.39, 0.29) is 23.0 Å².